The Bertz CT molecular complexity index is 1790. The highest BCUT2D eigenvalue weighted by atomic mass is 15.3. The van der Waals surface area contributed by atoms with E-state index in [4.69, 9.17) is 4.99 Å². The highest BCUT2D eigenvalue weighted by Gasteiger charge is 2.25. The molecule has 4 heterocycles. The average molecular weight is 545 g/mol. The van der Waals surface area contributed by atoms with Gasteiger partial charge in [0.2, 0.25) is 0 Å². The molecule has 6 aromatic rings. The minimum Gasteiger partial charge on any atom is -0.350 e. The quantitative estimate of drug-likeness (QED) is 0.232. The summed E-state index contributed by atoms with van der Waals surface area (Å²) < 4.78 is 0. The number of pyridine rings is 3. The lowest BCUT2D eigenvalue weighted by molar-refractivity contribution is 0.409. The van der Waals surface area contributed by atoms with Crippen LogP contribution >= 0.6 is 0 Å². The van der Waals surface area contributed by atoms with Crippen LogP contribution in [0.25, 0.3) is 33.4 Å². The van der Waals surface area contributed by atoms with Gasteiger partial charge in [-0.05, 0) is 80.9 Å². The summed E-state index contributed by atoms with van der Waals surface area (Å²) in [5, 5.41) is 7.37. The Labute approximate surface area is 244 Å². The van der Waals surface area contributed by atoms with Crippen molar-refractivity contribution in [3.8, 4) is 33.4 Å². The summed E-state index contributed by atoms with van der Waals surface area (Å²) in [4.78, 5) is 17.6. The summed E-state index contributed by atoms with van der Waals surface area (Å²) in [5.41, 5.74) is 10.1. The molecule has 0 saturated heterocycles. The molecule has 0 spiro atoms. The van der Waals surface area contributed by atoms with Crippen LogP contribution in [0.5, 0.6) is 0 Å². The number of hydrogen-bond donors (Lipinski definition) is 2. The standard InChI is InChI=1S/C36H28N6/c1-7-31(8-2-25(1)28-13-19-37-20-14-28)34-40-35(32-9-3-26(4-10-32)29-15-21-38-22-16-29)42-36(41-34)33-11-5-27(6-12-33)30-17-23-39-24-18-30/h1-24,34-35,40H,(H,41,42). The fourth-order valence-corrected chi connectivity index (χ4v) is 5.23. The lowest BCUT2D eigenvalue weighted by Gasteiger charge is -2.32. The molecule has 1 aliphatic heterocycles. The van der Waals surface area contributed by atoms with Crippen molar-refractivity contribution in [2.45, 2.75) is 12.3 Å². The molecule has 0 saturated carbocycles. The monoisotopic (exact) mass is 544 g/mol. The van der Waals surface area contributed by atoms with Gasteiger partial charge in [-0.3, -0.25) is 20.3 Å². The van der Waals surface area contributed by atoms with Crippen molar-refractivity contribution < 1.29 is 0 Å². The number of benzene rings is 3. The first kappa shape index (κ1) is 25.5. The summed E-state index contributed by atoms with van der Waals surface area (Å²) in [6, 6.07) is 37.9. The van der Waals surface area contributed by atoms with Gasteiger partial charge in [0.1, 0.15) is 18.2 Å². The first-order valence-corrected chi connectivity index (χ1v) is 13.9. The zero-order valence-electron chi connectivity index (χ0n) is 22.8. The number of hydrogen-bond acceptors (Lipinski definition) is 6. The lowest BCUT2D eigenvalue weighted by atomic mass is 10.0. The highest BCUT2D eigenvalue weighted by molar-refractivity contribution is 6.00. The van der Waals surface area contributed by atoms with Gasteiger partial charge in [-0.2, -0.15) is 0 Å². The van der Waals surface area contributed by atoms with Crippen molar-refractivity contribution in [2.24, 2.45) is 4.99 Å². The first-order chi connectivity index (χ1) is 20.8. The zero-order valence-corrected chi connectivity index (χ0v) is 22.8. The van der Waals surface area contributed by atoms with Gasteiger partial charge in [0.25, 0.3) is 0 Å². The third-order valence-corrected chi connectivity index (χ3v) is 7.53. The van der Waals surface area contributed by atoms with E-state index < -0.39 is 0 Å². The summed E-state index contributed by atoms with van der Waals surface area (Å²) in [6.07, 6.45) is 10.6. The average Bonchev–Trinajstić information content (AvgIpc) is 3.09. The van der Waals surface area contributed by atoms with Crippen molar-refractivity contribution in [2.75, 3.05) is 0 Å². The first-order valence-electron chi connectivity index (χ1n) is 13.9. The van der Waals surface area contributed by atoms with Gasteiger partial charge in [-0.1, -0.05) is 72.8 Å². The van der Waals surface area contributed by atoms with Crippen LogP contribution in [0.4, 0.5) is 0 Å². The molecule has 0 aliphatic carbocycles. The van der Waals surface area contributed by atoms with Crippen LogP contribution in [0.2, 0.25) is 0 Å². The second kappa shape index (κ2) is 11.6. The molecule has 6 nitrogen and oxygen atoms in total. The second-order valence-corrected chi connectivity index (χ2v) is 10.2. The van der Waals surface area contributed by atoms with E-state index in [1.54, 1.807) is 0 Å². The van der Waals surface area contributed by atoms with Crippen molar-refractivity contribution in [1.29, 1.82) is 0 Å². The van der Waals surface area contributed by atoms with Crippen LogP contribution in [-0.4, -0.2) is 20.8 Å². The topological polar surface area (TPSA) is 75.1 Å². The van der Waals surface area contributed by atoms with Crippen molar-refractivity contribution in [3.63, 3.8) is 0 Å². The molecule has 1 aliphatic rings. The number of aromatic nitrogens is 3. The molecule has 0 radical (unpaired) electrons. The predicted molar refractivity (Wildman–Crippen MR) is 167 cm³/mol. The molecule has 2 atom stereocenters. The normalized spacial score (nSPS) is 16.3. The van der Waals surface area contributed by atoms with Gasteiger partial charge in [0.15, 0.2) is 0 Å². The third kappa shape index (κ3) is 5.44. The Morgan fingerprint density at radius 3 is 1.19 bits per heavy atom. The summed E-state index contributed by atoms with van der Waals surface area (Å²) in [6.45, 7) is 0. The number of aliphatic imine (C=N–C) groups is 1. The van der Waals surface area contributed by atoms with E-state index in [9.17, 15) is 0 Å². The van der Waals surface area contributed by atoms with Gasteiger partial charge < -0.3 is 5.32 Å². The number of nitrogens with zero attached hydrogens (tertiary/aromatic N) is 4. The van der Waals surface area contributed by atoms with Gasteiger partial charge in [-0.25, -0.2) is 4.99 Å². The van der Waals surface area contributed by atoms with Gasteiger partial charge in [0.05, 0.1) is 0 Å². The van der Waals surface area contributed by atoms with Crippen LogP contribution in [0.15, 0.2) is 151 Å². The summed E-state index contributed by atoms with van der Waals surface area (Å²) >= 11 is 0. The third-order valence-electron chi connectivity index (χ3n) is 7.53. The highest BCUT2D eigenvalue weighted by Crippen LogP contribution is 2.29. The van der Waals surface area contributed by atoms with Crippen LogP contribution in [0.3, 0.4) is 0 Å². The van der Waals surface area contributed by atoms with E-state index in [1.807, 2.05) is 73.6 Å². The van der Waals surface area contributed by atoms with Crippen LogP contribution in [-0.2, 0) is 0 Å². The van der Waals surface area contributed by atoms with E-state index in [-0.39, 0.29) is 12.3 Å². The van der Waals surface area contributed by atoms with E-state index in [0.29, 0.717) is 0 Å². The van der Waals surface area contributed by atoms with E-state index in [2.05, 4.69) is 98.4 Å². The summed E-state index contributed by atoms with van der Waals surface area (Å²) in [7, 11) is 0. The Morgan fingerprint density at radius 2 is 0.738 bits per heavy atom. The minimum atomic E-state index is -0.225. The molecule has 3 aromatic carbocycles. The maximum Gasteiger partial charge on any atom is 0.131 e. The maximum absolute atomic E-state index is 5.14. The Kier molecular flexibility index (Phi) is 7.02. The Hall–Kier alpha value is -5.46. The largest absolute Gasteiger partial charge is 0.350 e. The van der Waals surface area contributed by atoms with Crippen molar-refractivity contribution >= 4 is 5.84 Å². The number of amidine groups is 1. The van der Waals surface area contributed by atoms with Crippen molar-refractivity contribution in [1.82, 2.24) is 25.6 Å². The molecular weight excluding hydrogens is 516 g/mol. The molecule has 42 heavy (non-hydrogen) atoms. The molecule has 3 aromatic heterocycles. The smallest absolute Gasteiger partial charge is 0.131 e. The SMILES string of the molecule is c1cc(-c2ccc(C3=NC(c4ccc(-c5ccncc5)cc4)NC(c4ccc(-c5ccncc5)cc4)N3)cc2)ccn1. The van der Waals surface area contributed by atoms with E-state index in [0.717, 1.165) is 55.9 Å². The summed E-state index contributed by atoms with van der Waals surface area (Å²) in [5.74, 6) is 0.849. The molecule has 2 N–H and O–H groups in total. The molecular formula is C36H28N6. The van der Waals surface area contributed by atoms with Crippen molar-refractivity contribution in [3.05, 3.63) is 163 Å². The molecule has 0 bridgehead atoms. The molecule has 202 valence electrons. The fraction of sp³-hybridized carbons (Fsp3) is 0.0556. The fourth-order valence-electron chi connectivity index (χ4n) is 5.23. The van der Waals surface area contributed by atoms with Crippen LogP contribution in [0, 0.1) is 0 Å². The van der Waals surface area contributed by atoms with Crippen LogP contribution < -0.4 is 10.6 Å². The zero-order chi connectivity index (χ0) is 28.1. The second-order valence-electron chi connectivity index (χ2n) is 10.2. The molecule has 0 amide bonds. The predicted octanol–water partition coefficient (Wildman–Crippen LogP) is 7.21. The maximum atomic E-state index is 5.14. The molecule has 2 unspecified atom stereocenters. The molecule has 7 rings (SSSR count). The number of nitrogens with one attached hydrogen (secondary N) is 2. The Morgan fingerprint density at radius 1 is 0.381 bits per heavy atom. The van der Waals surface area contributed by atoms with Gasteiger partial charge >= 0.3 is 0 Å². The van der Waals surface area contributed by atoms with E-state index >= 15 is 0 Å². The van der Waals surface area contributed by atoms with Crippen LogP contribution in [0.1, 0.15) is 29.0 Å². The molecule has 0 fully saturated rings. The van der Waals surface area contributed by atoms with Gasteiger partial charge in [-0.15, -0.1) is 0 Å². The molecule has 6 heteroatoms. The van der Waals surface area contributed by atoms with Gasteiger partial charge in [0, 0.05) is 42.7 Å². The Balaban J connectivity index is 1.21. The number of rotatable bonds is 6. The lowest BCUT2D eigenvalue weighted by Crippen LogP contribution is -2.44. The minimum absolute atomic E-state index is 0.131. The van der Waals surface area contributed by atoms with E-state index in [1.165, 1.54) is 0 Å².